The van der Waals surface area contributed by atoms with E-state index in [4.69, 9.17) is 0 Å². The molecule has 0 radical (unpaired) electrons. The smallest absolute Gasteiger partial charge is 0.215 e. The largest absolute Gasteiger partial charge is 0.284 e. The molecule has 2 heteroatoms. The Labute approximate surface area is 82.5 Å². The zero-order valence-electron chi connectivity index (χ0n) is 7.41. The second-order valence-electron chi connectivity index (χ2n) is 2.47. The Morgan fingerprint density at radius 3 is 2.69 bits per heavy atom. The van der Waals surface area contributed by atoms with Crippen LogP contribution >= 0.6 is 11.8 Å². The molecule has 0 fully saturated rings. The summed E-state index contributed by atoms with van der Waals surface area (Å²) < 4.78 is 0. The summed E-state index contributed by atoms with van der Waals surface area (Å²) in [6.07, 6.45) is 1.89. The monoisotopic (exact) mass is 190 g/mol. The average molecular weight is 190 g/mol. The fourth-order valence-electron chi connectivity index (χ4n) is 0.831. The lowest BCUT2D eigenvalue weighted by Crippen LogP contribution is -1.95. The minimum absolute atomic E-state index is 0.0173. The summed E-state index contributed by atoms with van der Waals surface area (Å²) in [5.74, 6) is 5.86. The predicted molar refractivity (Wildman–Crippen MR) is 56.7 cm³/mol. The van der Waals surface area contributed by atoms with Gasteiger partial charge in [-0.05, 0) is 24.3 Å². The van der Waals surface area contributed by atoms with E-state index in [1.165, 1.54) is 11.8 Å². The highest BCUT2D eigenvalue weighted by atomic mass is 32.2. The lowest BCUT2D eigenvalue weighted by Gasteiger charge is -1.86. The first-order chi connectivity index (χ1) is 6.33. The van der Waals surface area contributed by atoms with E-state index in [0.717, 1.165) is 5.56 Å². The highest BCUT2D eigenvalue weighted by Crippen LogP contribution is 1.95. The van der Waals surface area contributed by atoms with Gasteiger partial charge in [0.25, 0.3) is 0 Å². The van der Waals surface area contributed by atoms with Gasteiger partial charge < -0.3 is 0 Å². The molecular weight excluding hydrogens is 180 g/mol. The zero-order chi connectivity index (χ0) is 9.52. The van der Waals surface area contributed by atoms with Crippen LogP contribution in [-0.2, 0) is 4.79 Å². The first-order valence-electron chi connectivity index (χ1n) is 3.92. The number of benzene rings is 1. The third-order valence-corrected chi connectivity index (χ3v) is 1.95. The first-order valence-corrected chi connectivity index (χ1v) is 5.31. The molecule has 0 saturated heterocycles. The number of ketones is 1. The first kappa shape index (κ1) is 9.88. The number of thioether (sulfide) groups is 1. The molecule has 0 atom stereocenters. The summed E-state index contributed by atoms with van der Waals surface area (Å²) in [6.45, 7) is 0. The maximum Gasteiger partial charge on any atom is 0.215 e. The Bertz CT molecular complexity index is 332. The van der Waals surface area contributed by atoms with Gasteiger partial charge in [-0.3, -0.25) is 4.79 Å². The molecule has 1 rings (SSSR count). The van der Waals surface area contributed by atoms with Gasteiger partial charge >= 0.3 is 0 Å². The van der Waals surface area contributed by atoms with E-state index in [0.29, 0.717) is 5.75 Å². The van der Waals surface area contributed by atoms with Crippen molar-refractivity contribution < 1.29 is 4.79 Å². The van der Waals surface area contributed by atoms with Gasteiger partial charge in [0, 0.05) is 5.56 Å². The summed E-state index contributed by atoms with van der Waals surface area (Å²) in [6, 6.07) is 9.51. The summed E-state index contributed by atoms with van der Waals surface area (Å²) >= 11 is 1.49. The minimum Gasteiger partial charge on any atom is -0.284 e. The summed E-state index contributed by atoms with van der Waals surface area (Å²) in [5, 5.41) is 0. The third kappa shape index (κ3) is 3.82. The van der Waals surface area contributed by atoms with Crippen molar-refractivity contribution in [3.8, 4) is 11.8 Å². The molecule has 13 heavy (non-hydrogen) atoms. The predicted octanol–water partition coefficient (Wildman–Crippen LogP) is 1.97. The Balaban J connectivity index is 2.62. The van der Waals surface area contributed by atoms with Crippen molar-refractivity contribution in [1.82, 2.24) is 0 Å². The third-order valence-electron chi connectivity index (χ3n) is 1.40. The molecule has 1 aromatic carbocycles. The minimum atomic E-state index is -0.0173. The van der Waals surface area contributed by atoms with Crippen LogP contribution in [0.25, 0.3) is 0 Å². The van der Waals surface area contributed by atoms with Crippen molar-refractivity contribution in [2.75, 3.05) is 12.0 Å². The van der Waals surface area contributed by atoms with Crippen molar-refractivity contribution in [2.45, 2.75) is 0 Å². The number of carbonyl (C=O) groups excluding carboxylic acids is 1. The van der Waals surface area contributed by atoms with Gasteiger partial charge in [-0.1, -0.05) is 24.1 Å². The van der Waals surface area contributed by atoms with E-state index in [1.807, 2.05) is 36.6 Å². The molecular formula is C11H10OS. The SMILES string of the molecule is CSCC(=O)C#Cc1ccccc1. The average Bonchev–Trinajstić information content (AvgIpc) is 2.17. The summed E-state index contributed by atoms with van der Waals surface area (Å²) in [4.78, 5) is 11.0. The topological polar surface area (TPSA) is 17.1 Å². The maximum absolute atomic E-state index is 11.0. The Morgan fingerprint density at radius 1 is 1.38 bits per heavy atom. The quantitative estimate of drug-likeness (QED) is 0.663. The second kappa shape index (κ2) is 5.45. The van der Waals surface area contributed by atoms with Crippen molar-refractivity contribution >= 4 is 17.5 Å². The molecule has 1 aromatic rings. The number of rotatable bonds is 2. The normalized spacial score (nSPS) is 8.69. The van der Waals surface area contributed by atoms with Gasteiger partial charge in [-0.25, -0.2) is 0 Å². The van der Waals surface area contributed by atoms with E-state index < -0.39 is 0 Å². The van der Waals surface area contributed by atoms with E-state index >= 15 is 0 Å². The summed E-state index contributed by atoms with van der Waals surface area (Å²) in [7, 11) is 0. The molecule has 0 heterocycles. The van der Waals surface area contributed by atoms with Crippen LogP contribution in [0.2, 0.25) is 0 Å². The van der Waals surface area contributed by atoms with E-state index in [9.17, 15) is 4.79 Å². The number of carbonyl (C=O) groups is 1. The molecule has 0 aromatic heterocycles. The molecule has 0 aliphatic heterocycles. The lowest BCUT2D eigenvalue weighted by molar-refractivity contribution is -0.111. The van der Waals surface area contributed by atoms with Gasteiger partial charge in [0.05, 0.1) is 5.75 Å². The van der Waals surface area contributed by atoms with Crippen molar-refractivity contribution in [1.29, 1.82) is 0 Å². The van der Waals surface area contributed by atoms with Gasteiger partial charge in [0.1, 0.15) is 0 Å². The Morgan fingerprint density at radius 2 is 2.08 bits per heavy atom. The molecule has 1 nitrogen and oxygen atoms in total. The van der Waals surface area contributed by atoms with Gasteiger partial charge in [-0.2, -0.15) is 11.8 Å². The van der Waals surface area contributed by atoms with Crippen LogP contribution in [0.1, 0.15) is 5.56 Å². The van der Waals surface area contributed by atoms with Crippen LogP contribution in [0.4, 0.5) is 0 Å². The molecule has 0 aliphatic carbocycles. The molecule has 0 spiro atoms. The maximum atomic E-state index is 11.0. The molecule has 0 bridgehead atoms. The summed E-state index contributed by atoms with van der Waals surface area (Å²) in [5.41, 5.74) is 0.886. The van der Waals surface area contributed by atoms with Crippen molar-refractivity contribution in [3.63, 3.8) is 0 Å². The highest BCUT2D eigenvalue weighted by molar-refractivity contribution is 7.99. The van der Waals surface area contributed by atoms with Crippen LogP contribution in [-0.4, -0.2) is 17.8 Å². The Hall–Kier alpha value is -1.20. The van der Waals surface area contributed by atoms with Crippen LogP contribution in [0, 0.1) is 11.8 Å². The number of hydrogen-bond donors (Lipinski definition) is 0. The lowest BCUT2D eigenvalue weighted by atomic mass is 10.2. The van der Waals surface area contributed by atoms with Gasteiger partial charge in [0.15, 0.2) is 0 Å². The van der Waals surface area contributed by atoms with E-state index in [1.54, 1.807) is 0 Å². The second-order valence-corrected chi connectivity index (χ2v) is 3.34. The zero-order valence-corrected chi connectivity index (χ0v) is 8.23. The molecule has 0 N–H and O–H groups in total. The number of hydrogen-bond acceptors (Lipinski definition) is 2. The van der Waals surface area contributed by atoms with Gasteiger partial charge in [-0.15, -0.1) is 0 Å². The molecule has 0 aliphatic rings. The van der Waals surface area contributed by atoms with Crippen LogP contribution < -0.4 is 0 Å². The van der Waals surface area contributed by atoms with Crippen molar-refractivity contribution in [2.24, 2.45) is 0 Å². The van der Waals surface area contributed by atoms with Crippen LogP contribution in [0.3, 0.4) is 0 Å². The Kier molecular flexibility index (Phi) is 4.14. The fourth-order valence-corrected chi connectivity index (χ4v) is 1.16. The standard InChI is InChI=1S/C11H10OS/c1-13-9-11(12)8-7-10-5-3-2-4-6-10/h2-6H,9H2,1H3. The number of Topliss-reactive ketones (excluding diaryl/α,β-unsaturated/α-hetero) is 1. The van der Waals surface area contributed by atoms with E-state index in [2.05, 4.69) is 11.8 Å². The van der Waals surface area contributed by atoms with Crippen LogP contribution in [0.15, 0.2) is 30.3 Å². The van der Waals surface area contributed by atoms with Crippen molar-refractivity contribution in [3.05, 3.63) is 35.9 Å². The molecule has 66 valence electrons. The highest BCUT2D eigenvalue weighted by Gasteiger charge is 1.92. The molecule has 0 amide bonds. The van der Waals surface area contributed by atoms with Gasteiger partial charge in [0.2, 0.25) is 5.78 Å². The van der Waals surface area contributed by atoms with Crippen LogP contribution in [0.5, 0.6) is 0 Å². The van der Waals surface area contributed by atoms with E-state index in [-0.39, 0.29) is 5.78 Å². The fraction of sp³-hybridized carbons (Fsp3) is 0.182. The molecule has 0 unspecified atom stereocenters. The molecule has 0 saturated carbocycles.